The maximum Gasteiger partial charge on any atom is 0.255 e. The number of benzene rings is 4. The lowest BCUT2D eigenvalue weighted by molar-refractivity contribution is 0.102. The smallest absolute Gasteiger partial charge is 0.255 e. The average Bonchev–Trinajstić information content (AvgIpc) is 3.21. The molecule has 0 bridgehead atoms. The van der Waals surface area contributed by atoms with E-state index in [0.717, 1.165) is 27.5 Å². The highest BCUT2D eigenvalue weighted by molar-refractivity contribution is 6.37. The Bertz CT molecular complexity index is 1520. The van der Waals surface area contributed by atoms with Gasteiger partial charge in [0.05, 0.1) is 22.8 Å². The molecule has 0 saturated carbocycles. The van der Waals surface area contributed by atoms with Gasteiger partial charge in [-0.05, 0) is 48.2 Å². The van der Waals surface area contributed by atoms with E-state index in [4.69, 9.17) is 27.9 Å². The molecule has 6 nitrogen and oxygen atoms in total. The van der Waals surface area contributed by atoms with Crippen LogP contribution in [0.25, 0.3) is 27.5 Å². The summed E-state index contributed by atoms with van der Waals surface area (Å²) >= 11 is 12.4. The van der Waals surface area contributed by atoms with Crippen LogP contribution in [-0.2, 0) is 0 Å². The fraction of sp³-hybridized carbons (Fsp3) is 0.0800. The predicted octanol–water partition coefficient (Wildman–Crippen LogP) is 6.45. The lowest BCUT2D eigenvalue weighted by Gasteiger charge is -2.11. The van der Waals surface area contributed by atoms with Gasteiger partial charge < -0.3 is 10.1 Å². The standard InChI is InChI=1S/C25H18Cl2N4O2/c1-14-10-21-22(30-31(29-21)23-9-5-7-15-6-3-4-8-17(15)23)13-20(14)28-25(32)16-11-18(26)24(33-2)19(27)12-16/h3-13H,1-2H3,(H,28,32). The monoisotopic (exact) mass is 476 g/mol. The zero-order chi connectivity index (χ0) is 23.1. The molecule has 1 N–H and O–H groups in total. The number of carbonyl (C=O) groups is 1. The summed E-state index contributed by atoms with van der Waals surface area (Å²) in [6, 6.07) is 20.8. The number of nitrogens with one attached hydrogen (secondary N) is 1. The van der Waals surface area contributed by atoms with Gasteiger partial charge in [-0.1, -0.05) is 59.6 Å². The number of aromatic nitrogens is 3. The summed E-state index contributed by atoms with van der Waals surface area (Å²) in [6.07, 6.45) is 0. The van der Waals surface area contributed by atoms with E-state index in [1.54, 1.807) is 4.80 Å². The first kappa shape index (κ1) is 21.2. The Morgan fingerprint density at radius 3 is 2.33 bits per heavy atom. The number of ether oxygens (including phenoxy) is 1. The number of anilines is 1. The number of hydrogen-bond donors (Lipinski definition) is 1. The van der Waals surface area contributed by atoms with Crippen molar-refractivity contribution < 1.29 is 9.53 Å². The summed E-state index contributed by atoms with van der Waals surface area (Å²) < 4.78 is 5.15. The fourth-order valence-corrected chi connectivity index (χ4v) is 4.41. The molecule has 8 heteroatoms. The van der Waals surface area contributed by atoms with Crippen LogP contribution >= 0.6 is 23.2 Å². The molecule has 0 fully saturated rings. The number of nitrogens with zero attached hydrogens (tertiary/aromatic N) is 3. The van der Waals surface area contributed by atoms with Gasteiger partial charge in [-0.2, -0.15) is 0 Å². The highest BCUT2D eigenvalue weighted by Gasteiger charge is 2.16. The van der Waals surface area contributed by atoms with Crippen molar-refractivity contribution in [3.8, 4) is 11.4 Å². The van der Waals surface area contributed by atoms with Crippen molar-refractivity contribution in [1.82, 2.24) is 15.0 Å². The molecule has 0 aliphatic heterocycles. The van der Waals surface area contributed by atoms with Crippen molar-refractivity contribution >= 4 is 56.6 Å². The number of hydrogen-bond acceptors (Lipinski definition) is 4. The molecular formula is C25H18Cl2N4O2. The zero-order valence-corrected chi connectivity index (χ0v) is 19.3. The lowest BCUT2D eigenvalue weighted by Crippen LogP contribution is -2.13. The molecule has 33 heavy (non-hydrogen) atoms. The summed E-state index contributed by atoms with van der Waals surface area (Å²) in [5.74, 6) is -0.0112. The lowest BCUT2D eigenvalue weighted by atomic mass is 10.1. The van der Waals surface area contributed by atoms with Crippen LogP contribution in [0.4, 0.5) is 5.69 Å². The minimum atomic E-state index is -0.342. The predicted molar refractivity (Wildman–Crippen MR) is 132 cm³/mol. The van der Waals surface area contributed by atoms with Gasteiger partial charge >= 0.3 is 0 Å². The van der Waals surface area contributed by atoms with Gasteiger partial charge in [0, 0.05) is 16.6 Å². The van der Waals surface area contributed by atoms with Crippen LogP contribution in [0.15, 0.2) is 66.7 Å². The minimum absolute atomic E-state index is 0.264. The number of carbonyl (C=O) groups excluding carboxylic acids is 1. The summed E-state index contributed by atoms with van der Waals surface area (Å²) in [5.41, 5.74) is 4.08. The van der Waals surface area contributed by atoms with E-state index < -0.39 is 0 Å². The van der Waals surface area contributed by atoms with E-state index in [0.29, 0.717) is 22.5 Å². The second kappa shape index (κ2) is 8.39. The fourth-order valence-electron chi connectivity index (χ4n) is 3.77. The first-order valence-corrected chi connectivity index (χ1v) is 10.9. The molecule has 0 radical (unpaired) electrons. The molecule has 164 valence electrons. The molecule has 0 aliphatic rings. The quantitative estimate of drug-likeness (QED) is 0.323. The normalized spacial score (nSPS) is 11.2. The maximum absolute atomic E-state index is 12.9. The second-order valence-electron chi connectivity index (χ2n) is 7.57. The van der Waals surface area contributed by atoms with Crippen molar-refractivity contribution in [1.29, 1.82) is 0 Å². The van der Waals surface area contributed by atoms with Crippen LogP contribution in [-0.4, -0.2) is 28.0 Å². The Labute approximate surface area is 199 Å². The molecular weight excluding hydrogens is 459 g/mol. The first-order chi connectivity index (χ1) is 15.9. The molecule has 0 atom stereocenters. The third-order valence-electron chi connectivity index (χ3n) is 5.42. The third-order valence-corrected chi connectivity index (χ3v) is 5.98. The van der Waals surface area contributed by atoms with Crippen LogP contribution < -0.4 is 10.1 Å². The number of amides is 1. The van der Waals surface area contributed by atoms with Crippen molar-refractivity contribution in [3.63, 3.8) is 0 Å². The highest BCUT2D eigenvalue weighted by Crippen LogP contribution is 2.34. The van der Waals surface area contributed by atoms with Gasteiger partial charge in [0.1, 0.15) is 11.0 Å². The first-order valence-electron chi connectivity index (χ1n) is 10.1. The maximum atomic E-state index is 12.9. The molecule has 5 rings (SSSR count). The molecule has 1 aromatic heterocycles. The van der Waals surface area contributed by atoms with Crippen molar-refractivity contribution in [2.24, 2.45) is 0 Å². The molecule has 0 saturated heterocycles. The molecule has 0 spiro atoms. The van der Waals surface area contributed by atoms with Gasteiger partial charge in [-0.15, -0.1) is 15.0 Å². The molecule has 5 aromatic rings. The van der Waals surface area contributed by atoms with Crippen LogP contribution in [0.3, 0.4) is 0 Å². The Kier molecular flexibility index (Phi) is 5.40. The van der Waals surface area contributed by atoms with E-state index >= 15 is 0 Å². The number of aryl methyl sites for hydroxylation is 1. The Morgan fingerprint density at radius 1 is 0.939 bits per heavy atom. The summed E-state index contributed by atoms with van der Waals surface area (Å²) in [6.45, 7) is 1.90. The van der Waals surface area contributed by atoms with Crippen molar-refractivity contribution in [3.05, 3.63) is 87.9 Å². The second-order valence-corrected chi connectivity index (χ2v) is 8.39. The van der Waals surface area contributed by atoms with Crippen molar-refractivity contribution in [2.45, 2.75) is 6.92 Å². The van der Waals surface area contributed by atoms with Crippen LogP contribution in [0.5, 0.6) is 5.75 Å². The molecule has 0 aliphatic carbocycles. The Hall–Kier alpha value is -3.61. The molecule has 4 aromatic carbocycles. The van der Waals surface area contributed by atoms with Gasteiger partial charge in [-0.3, -0.25) is 4.79 Å². The van der Waals surface area contributed by atoms with E-state index in [1.807, 2.05) is 49.4 Å². The van der Waals surface area contributed by atoms with Crippen LogP contribution in [0, 0.1) is 6.92 Å². The topological polar surface area (TPSA) is 69.0 Å². The SMILES string of the molecule is COc1c(Cl)cc(C(=O)Nc2cc3nn(-c4cccc5ccccc45)nc3cc2C)cc1Cl. The van der Waals surface area contributed by atoms with E-state index in [1.165, 1.54) is 19.2 Å². The molecule has 1 heterocycles. The van der Waals surface area contributed by atoms with Gasteiger partial charge in [0.25, 0.3) is 5.91 Å². The summed E-state index contributed by atoms with van der Waals surface area (Å²) in [4.78, 5) is 14.5. The van der Waals surface area contributed by atoms with Crippen LogP contribution in [0.1, 0.15) is 15.9 Å². The molecule has 0 unspecified atom stereocenters. The van der Waals surface area contributed by atoms with E-state index in [9.17, 15) is 4.79 Å². The number of methoxy groups -OCH3 is 1. The number of fused-ring (bicyclic) bond motifs is 2. The van der Waals surface area contributed by atoms with Gasteiger partial charge in [0.2, 0.25) is 0 Å². The number of halogens is 2. The van der Waals surface area contributed by atoms with Gasteiger partial charge in [-0.25, -0.2) is 0 Å². The molecule has 1 amide bonds. The largest absolute Gasteiger partial charge is 0.494 e. The third kappa shape index (κ3) is 3.88. The van der Waals surface area contributed by atoms with Crippen LogP contribution in [0.2, 0.25) is 10.0 Å². The minimum Gasteiger partial charge on any atom is -0.494 e. The highest BCUT2D eigenvalue weighted by atomic mass is 35.5. The van der Waals surface area contributed by atoms with E-state index in [2.05, 4.69) is 27.6 Å². The zero-order valence-electron chi connectivity index (χ0n) is 17.8. The van der Waals surface area contributed by atoms with Crippen molar-refractivity contribution in [2.75, 3.05) is 12.4 Å². The van der Waals surface area contributed by atoms with Gasteiger partial charge in [0.15, 0.2) is 5.75 Å². The number of rotatable bonds is 4. The van der Waals surface area contributed by atoms with E-state index in [-0.39, 0.29) is 16.0 Å². The Morgan fingerprint density at radius 2 is 1.61 bits per heavy atom. The average molecular weight is 477 g/mol. The summed E-state index contributed by atoms with van der Waals surface area (Å²) in [5, 5.41) is 14.9. The Balaban J connectivity index is 1.50. The summed E-state index contributed by atoms with van der Waals surface area (Å²) in [7, 11) is 1.47.